The first-order valence-corrected chi connectivity index (χ1v) is 4.16. The van der Waals surface area contributed by atoms with E-state index in [0.29, 0.717) is 0 Å². The summed E-state index contributed by atoms with van der Waals surface area (Å²) in [6, 6.07) is 1.99. The van der Waals surface area contributed by atoms with Gasteiger partial charge >= 0.3 is 0 Å². The average Bonchev–Trinajstić information content (AvgIpc) is 2.03. The minimum atomic E-state index is 0.104. The summed E-state index contributed by atoms with van der Waals surface area (Å²) in [5.41, 5.74) is 6.73. The second-order valence-corrected chi connectivity index (χ2v) is 3.20. The Hall–Kier alpha value is -0.960. The fraction of sp³-hybridized carbons (Fsp3) is 0.556. The lowest BCUT2D eigenvalue weighted by atomic mass is 10.0. The zero-order valence-corrected chi connectivity index (χ0v) is 7.78. The number of aromatic nitrogens is 2. The van der Waals surface area contributed by atoms with Crippen molar-refractivity contribution >= 4 is 0 Å². The zero-order chi connectivity index (χ0) is 9.14. The molecule has 2 N–H and O–H groups in total. The van der Waals surface area contributed by atoms with Gasteiger partial charge in [-0.15, -0.1) is 0 Å². The van der Waals surface area contributed by atoms with Crippen molar-refractivity contribution in [1.82, 2.24) is 9.97 Å². The fourth-order valence-corrected chi connectivity index (χ4v) is 0.923. The summed E-state index contributed by atoms with van der Waals surface area (Å²) < 4.78 is 0. The highest BCUT2D eigenvalue weighted by Crippen LogP contribution is 2.12. The van der Waals surface area contributed by atoms with Crippen molar-refractivity contribution in [2.75, 3.05) is 0 Å². The van der Waals surface area contributed by atoms with Gasteiger partial charge in [0.1, 0.15) is 5.82 Å². The van der Waals surface area contributed by atoms with Gasteiger partial charge in [-0.05, 0) is 19.9 Å². The van der Waals surface area contributed by atoms with Crippen LogP contribution in [0.25, 0.3) is 0 Å². The van der Waals surface area contributed by atoms with Crippen LogP contribution in [0.4, 0.5) is 0 Å². The quantitative estimate of drug-likeness (QED) is 0.717. The predicted octanol–water partition coefficient (Wildman–Crippen LogP) is 1.24. The van der Waals surface area contributed by atoms with Crippen LogP contribution < -0.4 is 5.73 Å². The summed E-state index contributed by atoms with van der Waals surface area (Å²) in [6.45, 7) is 5.97. The van der Waals surface area contributed by atoms with Gasteiger partial charge in [-0.25, -0.2) is 9.97 Å². The molecular formula is C9H15N3. The largest absolute Gasteiger partial charge is 0.327 e. The van der Waals surface area contributed by atoms with Gasteiger partial charge in [0.25, 0.3) is 0 Å². The highest BCUT2D eigenvalue weighted by atomic mass is 14.9. The van der Waals surface area contributed by atoms with Gasteiger partial charge in [0.05, 0.1) is 0 Å². The molecule has 0 saturated heterocycles. The van der Waals surface area contributed by atoms with Crippen LogP contribution in [-0.2, 0) is 0 Å². The standard InChI is InChI=1S/C9H15N3/c1-6-4-5-11-9(12-6)7(2)8(3)10/h4-5,7-8H,10H2,1-3H3. The normalized spacial score (nSPS) is 15.7. The van der Waals surface area contributed by atoms with Gasteiger partial charge in [0.15, 0.2) is 0 Å². The van der Waals surface area contributed by atoms with Crippen molar-refractivity contribution in [3.8, 4) is 0 Å². The molecule has 1 heterocycles. The molecule has 1 aromatic rings. The molecule has 3 nitrogen and oxygen atoms in total. The highest BCUT2D eigenvalue weighted by Gasteiger charge is 2.12. The lowest BCUT2D eigenvalue weighted by Crippen LogP contribution is -2.24. The maximum absolute atomic E-state index is 5.74. The molecule has 0 aliphatic heterocycles. The average molecular weight is 165 g/mol. The molecule has 0 aliphatic rings. The van der Waals surface area contributed by atoms with Crippen LogP contribution >= 0.6 is 0 Å². The molecular weight excluding hydrogens is 150 g/mol. The first-order chi connectivity index (χ1) is 5.61. The van der Waals surface area contributed by atoms with Gasteiger partial charge in [-0.1, -0.05) is 6.92 Å². The van der Waals surface area contributed by atoms with E-state index in [9.17, 15) is 0 Å². The molecule has 0 saturated carbocycles. The molecule has 1 rings (SSSR count). The maximum atomic E-state index is 5.74. The number of aryl methyl sites for hydroxylation is 1. The van der Waals surface area contributed by atoms with E-state index in [1.807, 2.05) is 26.8 Å². The molecule has 0 aromatic carbocycles. The van der Waals surface area contributed by atoms with Crippen molar-refractivity contribution in [3.05, 3.63) is 23.8 Å². The molecule has 0 spiro atoms. The number of rotatable bonds is 2. The molecule has 0 fully saturated rings. The number of nitrogens with zero attached hydrogens (tertiary/aromatic N) is 2. The minimum absolute atomic E-state index is 0.104. The molecule has 12 heavy (non-hydrogen) atoms. The van der Waals surface area contributed by atoms with E-state index in [1.54, 1.807) is 6.20 Å². The Morgan fingerprint density at radius 2 is 2.08 bits per heavy atom. The highest BCUT2D eigenvalue weighted by molar-refractivity contribution is 5.04. The maximum Gasteiger partial charge on any atom is 0.132 e. The Labute approximate surface area is 73.0 Å². The van der Waals surface area contributed by atoms with Gasteiger partial charge in [0.2, 0.25) is 0 Å². The van der Waals surface area contributed by atoms with E-state index >= 15 is 0 Å². The van der Waals surface area contributed by atoms with E-state index in [2.05, 4.69) is 9.97 Å². The third-order valence-corrected chi connectivity index (χ3v) is 2.01. The van der Waals surface area contributed by atoms with E-state index in [4.69, 9.17) is 5.73 Å². The van der Waals surface area contributed by atoms with Crippen LogP contribution in [0.1, 0.15) is 31.3 Å². The van der Waals surface area contributed by atoms with E-state index in [0.717, 1.165) is 11.5 Å². The first-order valence-electron chi connectivity index (χ1n) is 4.16. The van der Waals surface area contributed by atoms with Gasteiger partial charge in [-0.2, -0.15) is 0 Å². The molecule has 0 aliphatic carbocycles. The van der Waals surface area contributed by atoms with Crippen molar-refractivity contribution in [2.24, 2.45) is 5.73 Å². The molecule has 66 valence electrons. The van der Waals surface area contributed by atoms with E-state index < -0.39 is 0 Å². The van der Waals surface area contributed by atoms with Gasteiger partial charge in [-0.3, -0.25) is 0 Å². The van der Waals surface area contributed by atoms with Gasteiger partial charge in [0, 0.05) is 23.9 Å². The summed E-state index contributed by atoms with van der Waals surface area (Å²) in [7, 11) is 0. The lowest BCUT2D eigenvalue weighted by Gasteiger charge is -2.13. The third kappa shape index (κ3) is 2.01. The molecule has 1 aromatic heterocycles. The Bertz CT molecular complexity index is 258. The summed E-state index contributed by atoms with van der Waals surface area (Å²) in [4.78, 5) is 8.47. The Morgan fingerprint density at radius 3 is 2.58 bits per heavy atom. The SMILES string of the molecule is Cc1ccnc(C(C)C(C)N)n1. The Balaban J connectivity index is 2.88. The van der Waals surface area contributed by atoms with Crippen LogP contribution in [0.5, 0.6) is 0 Å². The Morgan fingerprint density at radius 1 is 1.42 bits per heavy atom. The second kappa shape index (κ2) is 3.63. The van der Waals surface area contributed by atoms with Crippen LogP contribution in [-0.4, -0.2) is 16.0 Å². The van der Waals surface area contributed by atoms with Crippen molar-refractivity contribution in [1.29, 1.82) is 0 Å². The first kappa shape index (κ1) is 9.13. The van der Waals surface area contributed by atoms with Crippen LogP contribution in [0.15, 0.2) is 12.3 Å². The molecule has 0 bridgehead atoms. The number of hydrogen-bond acceptors (Lipinski definition) is 3. The van der Waals surface area contributed by atoms with Gasteiger partial charge < -0.3 is 5.73 Å². The fourth-order valence-electron chi connectivity index (χ4n) is 0.923. The van der Waals surface area contributed by atoms with Crippen molar-refractivity contribution in [2.45, 2.75) is 32.7 Å². The van der Waals surface area contributed by atoms with Crippen LogP contribution in [0.3, 0.4) is 0 Å². The smallest absolute Gasteiger partial charge is 0.132 e. The number of nitrogens with two attached hydrogens (primary N) is 1. The number of hydrogen-bond donors (Lipinski definition) is 1. The monoisotopic (exact) mass is 165 g/mol. The third-order valence-electron chi connectivity index (χ3n) is 2.01. The van der Waals surface area contributed by atoms with Crippen molar-refractivity contribution < 1.29 is 0 Å². The van der Waals surface area contributed by atoms with Crippen LogP contribution in [0.2, 0.25) is 0 Å². The summed E-state index contributed by atoms with van der Waals surface area (Å²) in [5.74, 6) is 1.06. The second-order valence-electron chi connectivity index (χ2n) is 3.20. The van der Waals surface area contributed by atoms with E-state index in [1.165, 1.54) is 0 Å². The molecule has 0 radical (unpaired) electrons. The minimum Gasteiger partial charge on any atom is -0.327 e. The summed E-state index contributed by atoms with van der Waals surface area (Å²) in [5, 5.41) is 0. The molecule has 0 amide bonds. The summed E-state index contributed by atoms with van der Waals surface area (Å²) >= 11 is 0. The summed E-state index contributed by atoms with van der Waals surface area (Å²) in [6.07, 6.45) is 1.77. The Kier molecular flexibility index (Phi) is 2.76. The van der Waals surface area contributed by atoms with Crippen molar-refractivity contribution in [3.63, 3.8) is 0 Å². The zero-order valence-electron chi connectivity index (χ0n) is 7.78. The molecule has 3 heteroatoms. The predicted molar refractivity (Wildman–Crippen MR) is 48.8 cm³/mol. The topological polar surface area (TPSA) is 51.8 Å². The molecule has 2 unspecified atom stereocenters. The molecule has 2 atom stereocenters. The lowest BCUT2D eigenvalue weighted by molar-refractivity contribution is 0.579. The van der Waals surface area contributed by atoms with E-state index in [-0.39, 0.29) is 12.0 Å². The van der Waals surface area contributed by atoms with Crippen LogP contribution in [0, 0.1) is 6.92 Å².